The van der Waals surface area contributed by atoms with Crippen molar-refractivity contribution in [2.75, 3.05) is 6.54 Å². The van der Waals surface area contributed by atoms with Crippen molar-refractivity contribution in [1.29, 1.82) is 0 Å². The maximum Gasteiger partial charge on any atom is 0.0962 e. The van der Waals surface area contributed by atoms with Crippen LogP contribution in [0.4, 0.5) is 0 Å². The summed E-state index contributed by atoms with van der Waals surface area (Å²) in [5.74, 6) is 1.97. The van der Waals surface area contributed by atoms with E-state index in [-0.39, 0.29) is 0 Å². The fourth-order valence-corrected chi connectivity index (χ4v) is 3.02. The Morgan fingerprint density at radius 3 is 3.27 bits per heavy atom. The third kappa shape index (κ3) is 1.48. The molecule has 0 aromatic heterocycles. The zero-order chi connectivity index (χ0) is 10.3. The van der Waals surface area contributed by atoms with Crippen molar-refractivity contribution >= 4 is 0 Å². The van der Waals surface area contributed by atoms with E-state index in [1.54, 1.807) is 0 Å². The maximum absolute atomic E-state index is 9.85. The molecule has 0 aromatic carbocycles. The highest BCUT2D eigenvalue weighted by Gasteiger charge is 2.34. The number of hydrogen-bond donors (Lipinski definition) is 2. The van der Waals surface area contributed by atoms with E-state index < -0.39 is 0 Å². The molecule has 2 aliphatic carbocycles. The lowest BCUT2D eigenvalue weighted by atomic mass is 9.72. The summed E-state index contributed by atoms with van der Waals surface area (Å²) in [6, 6.07) is 0. The van der Waals surface area contributed by atoms with Gasteiger partial charge in [0.05, 0.1) is 5.76 Å². The van der Waals surface area contributed by atoms with E-state index in [1.807, 2.05) is 12.2 Å². The quantitative estimate of drug-likeness (QED) is 0.634. The van der Waals surface area contributed by atoms with Crippen LogP contribution in [0.15, 0.2) is 35.8 Å². The summed E-state index contributed by atoms with van der Waals surface area (Å²) in [6.45, 7) is 1.12. The minimum atomic E-state index is 0.337. The first kappa shape index (κ1) is 9.08. The fraction of sp³-hybridized carbons (Fsp3) is 0.538. The fourth-order valence-electron chi connectivity index (χ4n) is 3.02. The van der Waals surface area contributed by atoms with Crippen LogP contribution in [0.25, 0.3) is 0 Å². The number of allylic oxidation sites excluding steroid dienone is 6. The molecule has 2 N–H and O–H groups in total. The standard InChI is InChI=1S/C13H17NO/c15-13-5-1-3-9-8-12-10(7-11(9)13)4-2-6-14-12/h1,3,5,8-11,14-15H,2,4,6-7H2. The van der Waals surface area contributed by atoms with Gasteiger partial charge in [-0.15, -0.1) is 0 Å². The molecule has 3 aliphatic rings. The summed E-state index contributed by atoms with van der Waals surface area (Å²) in [7, 11) is 0. The molecule has 2 nitrogen and oxygen atoms in total. The van der Waals surface area contributed by atoms with Gasteiger partial charge in [-0.1, -0.05) is 18.2 Å². The first-order chi connectivity index (χ1) is 7.34. The molecule has 3 unspecified atom stereocenters. The highest BCUT2D eigenvalue weighted by Crippen LogP contribution is 2.41. The zero-order valence-electron chi connectivity index (χ0n) is 8.82. The van der Waals surface area contributed by atoms with Gasteiger partial charge in [0, 0.05) is 24.1 Å². The molecular weight excluding hydrogens is 186 g/mol. The normalized spacial score (nSPS) is 38.3. The number of aliphatic hydroxyl groups excluding tert-OH is 1. The van der Waals surface area contributed by atoms with E-state index in [2.05, 4.69) is 17.5 Å². The molecule has 0 bridgehead atoms. The molecule has 80 valence electrons. The van der Waals surface area contributed by atoms with Crippen molar-refractivity contribution < 1.29 is 5.11 Å². The molecular formula is C13H17NO. The van der Waals surface area contributed by atoms with Crippen LogP contribution in [0.3, 0.4) is 0 Å². The Morgan fingerprint density at radius 2 is 2.33 bits per heavy atom. The summed E-state index contributed by atoms with van der Waals surface area (Å²) in [5, 5.41) is 13.3. The molecule has 0 saturated carbocycles. The predicted molar refractivity (Wildman–Crippen MR) is 60.3 cm³/mol. The largest absolute Gasteiger partial charge is 0.512 e. The van der Waals surface area contributed by atoms with Gasteiger partial charge in [-0.25, -0.2) is 0 Å². The van der Waals surface area contributed by atoms with Crippen molar-refractivity contribution in [2.45, 2.75) is 19.3 Å². The molecule has 15 heavy (non-hydrogen) atoms. The van der Waals surface area contributed by atoms with E-state index in [0.29, 0.717) is 23.5 Å². The monoisotopic (exact) mass is 203 g/mol. The van der Waals surface area contributed by atoms with Crippen molar-refractivity contribution in [2.24, 2.45) is 17.8 Å². The molecule has 0 amide bonds. The van der Waals surface area contributed by atoms with Crippen LogP contribution in [0, 0.1) is 17.8 Å². The van der Waals surface area contributed by atoms with Gasteiger partial charge in [0.25, 0.3) is 0 Å². The van der Waals surface area contributed by atoms with E-state index in [1.165, 1.54) is 18.5 Å². The minimum Gasteiger partial charge on any atom is -0.512 e. The van der Waals surface area contributed by atoms with Gasteiger partial charge in [0.2, 0.25) is 0 Å². The first-order valence-electron chi connectivity index (χ1n) is 5.87. The van der Waals surface area contributed by atoms with Crippen molar-refractivity contribution in [3.8, 4) is 0 Å². The van der Waals surface area contributed by atoms with Crippen LogP contribution >= 0.6 is 0 Å². The van der Waals surface area contributed by atoms with Crippen molar-refractivity contribution in [3.05, 3.63) is 35.8 Å². The minimum absolute atomic E-state index is 0.337. The number of rotatable bonds is 0. The average Bonchev–Trinajstić information content (AvgIpc) is 2.27. The Morgan fingerprint density at radius 1 is 1.40 bits per heavy atom. The zero-order valence-corrected chi connectivity index (χ0v) is 8.82. The van der Waals surface area contributed by atoms with Gasteiger partial charge in [0.15, 0.2) is 0 Å². The summed E-state index contributed by atoms with van der Waals surface area (Å²) >= 11 is 0. The third-order valence-corrected chi connectivity index (χ3v) is 3.85. The lowest BCUT2D eigenvalue weighted by molar-refractivity contribution is 0.239. The SMILES string of the molecule is OC1=CC=CC2C=C3NCCCC3CC12. The molecule has 0 radical (unpaired) electrons. The number of nitrogens with one attached hydrogen (secondary N) is 1. The van der Waals surface area contributed by atoms with Gasteiger partial charge in [-0.3, -0.25) is 0 Å². The summed E-state index contributed by atoms with van der Waals surface area (Å²) in [5.41, 5.74) is 1.42. The van der Waals surface area contributed by atoms with E-state index in [0.717, 1.165) is 13.0 Å². The molecule has 1 aliphatic heterocycles. The van der Waals surface area contributed by atoms with Gasteiger partial charge in [-0.2, -0.15) is 0 Å². The topological polar surface area (TPSA) is 32.3 Å². The first-order valence-corrected chi connectivity index (χ1v) is 5.87. The molecule has 0 aromatic rings. The predicted octanol–water partition coefficient (Wildman–Crippen LogP) is 2.52. The van der Waals surface area contributed by atoms with Crippen LogP contribution in [0.2, 0.25) is 0 Å². The van der Waals surface area contributed by atoms with Crippen LogP contribution in [-0.2, 0) is 0 Å². The smallest absolute Gasteiger partial charge is 0.0962 e. The average molecular weight is 203 g/mol. The lowest BCUT2D eigenvalue weighted by Gasteiger charge is -2.38. The Balaban J connectivity index is 1.90. The van der Waals surface area contributed by atoms with E-state index in [9.17, 15) is 5.11 Å². The second-order valence-electron chi connectivity index (χ2n) is 4.78. The molecule has 1 heterocycles. The number of fused-ring (bicyclic) bond motifs is 2. The number of hydrogen-bond acceptors (Lipinski definition) is 2. The molecule has 0 spiro atoms. The van der Waals surface area contributed by atoms with Gasteiger partial charge < -0.3 is 10.4 Å². The summed E-state index contributed by atoms with van der Waals surface area (Å²) in [4.78, 5) is 0. The van der Waals surface area contributed by atoms with E-state index >= 15 is 0 Å². The summed E-state index contributed by atoms with van der Waals surface area (Å²) in [6.07, 6.45) is 12.0. The van der Waals surface area contributed by atoms with Gasteiger partial charge in [-0.05, 0) is 31.3 Å². The Hall–Kier alpha value is -1.18. The van der Waals surface area contributed by atoms with Gasteiger partial charge >= 0.3 is 0 Å². The van der Waals surface area contributed by atoms with Gasteiger partial charge in [0.1, 0.15) is 0 Å². The number of piperidine rings is 1. The second kappa shape index (κ2) is 3.44. The molecule has 1 saturated heterocycles. The third-order valence-electron chi connectivity index (χ3n) is 3.85. The highest BCUT2D eigenvalue weighted by molar-refractivity contribution is 5.28. The van der Waals surface area contributed by atoms with Crippen LogP contribution < -0.4 is 5.32 Å². The highest BCUT2D eigenvalue weighted by atomic mass is 16.3. The second-order valence-corrected chi connectivity index (χ2v) is 4.78. The maximum atomic E-state index is 9.85. The molecule has 2 heteroatoms. The Bertz CT molecular complexity index is 354. The van der Waals surface area contributed by atoms with Crippen LogP contribution in [0.1, 0.15) is 19.3 Å². The summed E-state index contributed by atoms with van der Waals surface area (Å²) < 4.78 is 0. The van der Waals surface area contributed by atoms with Crippen molar-refractivity contribution in [1.82, 2.24) is 5.32 Å². The number of aliphatic hydroxyl groups is 1. The molecule has 3 atom stereocenters. The molecule has 3 rings (SSSR count). The van der Waals surface area contributed by atoms with E-state index in [4.69, 9.17) is 0 Å². The lowest BCUT2D eigenvalue weighted by Crippen LogP contribution is -2.35. The van der Waals surface area contributed by atoms with Crippen LogP contribution in [0.5, 0.6) is 0 Å². The molecule has 1 fully saturated rings. The van der Waals surface area contributed by atoms with Crippen LogP contribution in [-0.4, -0.2) is 11.7 Å². The van der Waals surface area contributed by atoms with Crippen molar-refractivity contribution in [3.63, 3.8) is 0 Å². The Kier molecular flexibility index (Phi) is 2.08. The Labute approximate surface area is 90.4 Å².